The number of benzene rings is 2. The smallest absolute Gasteiger partial charge is 0.416 e. The number of esters is 1. The van der Waals surface area contributed by atoms with Gasteiger partial charge in [-0.1, -0.05) is 31.2 Å². The number of halogens is 3. The predicted octanol–water partition coefficient (Wildman–Crippen LogP) is 5.72. The number of hydrogen-bond donors (Lipinski definition) is 2. The maximum atomic E-state index is 13.4. The molecule has 0 aliphatic carbocycles. The second-order valence-corrected chi connectivity index (χ2v) is 10.2. The van der Waals surface area contributed by atoms with Gasteiger partial charge in [0.15, 0.2) is 5.78 Å². The van der Waals surface area contributed by atoms with Gasteiger partial charge in [-0.05, 0) is 68.5 Å². The minimum atomic E-state index is -4.55. The summed E-state index contributed by atoms with van der Waals surface area (Å²) in [5.74, 6) is -1.52. The fraction of sp³-hybridized carbons (Fsp3) is 0.448. The molecule has 0 aromatic heterocycles. The van der Waals surface area contributed by atoms with Crippen LogP contribution in [-0.2, 0) is 25.2 Å². The second kappa shape index (κ2) is 14.0. The minimum Gasteiger partial charge on any atom is -0.469 e. The number of ketones is 1. The van der Waals surface area contributed by atoms with Crippen molar-refractivity contribution in [2.45, 2.75) is 70.7 Å². The van der Waals surface area contributed by atoms with E-state index < -0.39 is 41.2 Å². The lowest BCUT2D eigenvalue weighted by atomic mass is 9.87. The number of ether oxygens (including phenoxy) is 2. The molecule has 0 spiro atoms. The molecule has 2 N–H and O–H groups in total. The molecule has 1 unspecified atom stereocenters. The van der Waals surface area contributed by atoms with Crippen molar-refractivity contribution in [3.8, 4) is 0 Å². The molecular weight excluding hydrogens is 529 g/mol. The maximum absolute atomic E-state index is 13.4. The Morgan fingerprint density at radius 1 is 0.900 bits per heavy atom. The van der Waals surface area contributed by atoms with Crippen molar-refractivity contribution in [2.75, 3.05) is 13.7 Å². The van der Waals surface area contributed by atoms with E-state index in [-0.39, 0.29) is 36.8 Å². The third-order valence-electron chi connectivity index (χ3n) is 5.98. The van der Waals surface area contributed by atoms with Gasteiger partial charge in [0.25, 0.3) is 5.91 Å². The molecule has 0 aliphatic heterocycles. The van der Waals surface area contributed by atoms with Gasteiger partial charge in [0, 0.05) is 18.5 Å². The Morgan fingerprint density at radius 3 is 1.98 bits per heavy atom. The molecular formula is C29H35F3N2O6. The number of methoxy groups -OCH3 is 1. The van der Waals surface area contributed by atoms with Gasteiger partial charge < -0.3 is 20.1 Å². The van der Waals surface area contributed by atoms with Crippen LogP contribution in [0.1, 0.15) is 86.0 Å². The predicted molar refractivity (Wildman–Crippen MR) is 142 cm³/mol. The highest BCUT2D eigenvalue weighted by molar-refractivity contribution is 5.94. The molecule has 2 rings (SSSR count). The van der Waals surface area contributed by atoms with Crippen LogP contribution in [0.4, 0.5) is 18.0 Å². The van der Waals surface area contributed by atoms with E-state index in [4.69, 9.17) is 4.74 Å². The van der Waals surface area contributed by atoms with Crippen molar-refractivity contribution < 1.29 is 41.8 Å². The zero-order valence-electron chi connectivity index (χ0n) is 23.2. The highest BCUT2D eigenvalue weighted by atomic mass is 19.4. The van der Waals surface area contributed by atoms with Crippen molar-refractivity contribution >= 4 is 23.8 Å². The van der Waals surface area contributed by atoms with Gasteiger partial charge in [-0.3, -0.25) is 14.4 Å². The molecule has 2 amide bonds. The maximum Gasteiger partial charge on any atom is 0.416 e. The van der Waals surface area contributed by atoms with Gasteiger partial charge in [0.2, 0.25) is 0 Å². The van der Waals surface area contributed by atoms with E-state index in [2.05, 4.69) is 15.4 Å². The molecule has 8 nitrogen and oxygen atoms in total. The van der Waals surface area contributed by atoms with E-state index in [1.165, 1.54) is 7.11 Å². The van der Waals surface area contributed by atoms with Crippen molar-refractivity contribution in [1.82, 2.24) is 10.6 Å². The lowest BCUT2D eigenvalue weighted by molar-refractivity contribution is -0.140. The number of rotatable bonds is 11. The normalized spacial score (nSPS) is 13.1. The van der Waals surface area contributed by atoms with Gasteiger partial charge in [-0.15, -0.1) is 0 Å². The van der Waals surface area contributed by atoms with Crippen molar-refractivity contribution in [1.29, 1.82) is 0 Å². The Kier molecular flexibility index (Phi) is 11.3. The van der Waals surface area contributed by atoms with E-state index in [1.807, 2.05) is 6.92 Å². The van der Waals surface area contributed by atoms with E-state index in [9.17, 15) is 32.3 Å². The van der Waals surface area contributed by atoms with Crippen LogP contribution in [-0.4, -0.2) is 43.0 Å². The van der Waals surface area contributed by atoms with Crippen LogP contribution < -0.4 is 10.6 Å². The Balaban J connectivity index is 2.21. The Labute approximate surface area is 231 Å². The molecule has 0 saturated heterocycles. The van der Waals surface area contributed by atoms with Gasteiger partial charge in [0.05, 0.1) is 19.1 Å². The topological polar surface area (TPSA) is 111 Å². The molecule has 0 aliphatic rings. The number of carbonyl (C=O) groups is 4. The molecule has 0 fully saturated rings. The first-order valence-electron chi connectivity index (χ1n) is 12.8. The lowest BCUT2D eigenvalue weighted by Gasteiger charge is -2.25. The molecule has 218 valence electrons. The van der Waals surface area contributed by atoms with Crippen LogP contribution in [0.25, 0.3) is 0 Å². The molecule has 0 radical (unpaired) electrons. The molecule has 2 aromatic carbocycles. The zero-order valence-corrected chi connectivity index (χ0v) is 23.2. The average Bonchev–Trinajstić information content (AvgIpc) is 2.88. The molecule has 2 atom stereocenters. The standard InChI is InChI=1S/C29H35F3N2O6/c1-6-18(19-7-9-21(10-8-19)26(37)33-16-15-24(36)39-5)17-23(35)25(34-27(38)40-28(2,3)4)20-11-13-22(14-12-20)29(30,31)32/h7-14,18,25H,6,15-17H2,1-5H3,(H,33,37)(H,34,38)/t18-,25?/m0/s1. The number of alkyl carbamates (subject to hydrolysis) is 1. The molecule has 11 heteroatoms. The van der Waals surface area contributed by atoms with Crippen molar-refractivity contribution in [2.24, 2.45) is 0 Å². The SMILES string of the molecule is CC[C@@H](CC(=O)C(NC(=O)OC(C)(C)C)c1ccc(C(F)(F)F)cc1)c1ccc(C(=O)NCCC(=O)OC)cc1. The summed E-state index contributed by atoms with van der Waals surface area (Å²) in [6.45, 7) is 6.95. The molecule has 0 bridgehead atoms. The number of Topliss-reactive ketones (excluding diaryl/α,β-unsaturated/α-hetero) is 1. The number of hydrogen-bond acceptors (Lipinski definition) is 6. The Hall–Kier alpha value is -3.89. The van der Waals surface area contributed by atoms with Gasteiger partial charge in [-0.25, -0.2) is 4.79 Å². The molecule has 40 heavy (non-hydrogen) atoms. The van der Waals surface area contributed by atoms with Crippen LogP contribution in [0.3, 0.4) is 0 Å². The van der Waals surface area contributed by atoms with Crippen molar-refractivity contribution in [3.05, 3.63) is 70.8 Å². The monoisotopic (exact) mass is 564 g/mol. The summed E-state index contributed by atoms with van der Waals surface area (Å²) < 4.78 is 49.0. The largest absolute Gasteiger partial charge is 0.469 e. The highest BCUT2D eigenvalue weighted by Gasteiger charge is 2.32. The number of alkyl halides is 3. The molecule has 0 heterocycles. The van der Waals surface area contributed by atoms with Gasteiger partial charge in [-0.2, -0.15) is 13.2 Å². The van der Waals surface area contributed by atoms with E-state index in [0.29, 0.717) is 12.0 Å². The minimum absolute atomic E-state index is 0.0251. The van der Waals surface area contributed by atoms with Crippen molar-refractivity contribution in [3.63, 3.8) is 0 Å². The number of amides is 2. The summed E-state index contributed by atoms with van der Waals surface area (Å²) in [4.78, 5) is 49.5. The van der Waals surface area contributed by atoms with Crippen LogP contribution in [0.15, 0.2) is 48.5 Å². The van der Waals surface area contributed by atoms with Crippen LogP contribution in [0, 0.1) is 0 Å². The fourth-order valence-electron chi connectivity index (χ4n) is 3.89. The number of carbonyl (C=O) groups excluding carboxylic acids is 4. The third kappa shape index (κ3) is 10.0. The first kappa shape index (κ1) is 32.3. The molecule has 0 saturated carbocycles. The fourth-order valence-corrected chi connectivity index (χ4v) is 3.89. The van der Waals surface area contributed by atoms with E-state index >= 15 is 0 Å². The summed E-state index contributed by atoms with van der Waals surface area (Å²) >= 11 is 0. The van der Waals surface area contributed by atoms with Gasteiger partial charge >= 0.3 is 18.2 Å². The highest BCUT2D eigenvalue weighted by Crippen LogP contribution is 2.32. The number of nitrogens with one attached hydrogen (secondary N) is 2. The first-order chi connectivity index (χ1) is 18.6. The average molecular weight is 565 g/mol. The van der Waals surface area contributed by atoms with E-state index in [1.54, 1.807) is 45.0 Å². The summed E-state index contributed by atoms with van der Waals surface area (Å²) in [5, 5.41) is 5.13. The van der Waals surface area contributed by atoms with Crippen LogP contribution in [0.5, 0.6) is 0 Å². The zero-order chi connectivity index (χ0) is 30.1. The van der Waals surface area contributed by atoms with E-state index in [0.717, 1.165) is 29.8 Å². The Bertz CT molecular complexity index is 1170. The Morgan fingerprint density at radius 2 is 1.48 bits per heavy atom. The summed E-state index contributed by atoms with van der Waals surface area (Å²) in [5.41, 5.74) is -0.399. The lowest BCUT2D eigenvalue weighted by Crippen LogP contribution is -2.38. The quantitative estimate of drug-likeness (QED) is 0.338. The molecule has 2 aromatic rings. The summed E-state index contributed by atoms with van der Waals surface area (Å²) in [6.07, 6.45) is -4.86. The summed E-state index contributed by atoms with van der Waals surface area (Å²) in [7, 11) is 1.26. The third-order valence-corrected chi connectivity index (χ3v) is 5.98. The van der Waals surface area contributed by atoms with Crippen LogP contribution in [0.2, 0.25) is 0 Å². The summed E-state index contributed by atoms with van der Waals surface area (Å²) in [6, 6.07) is 9.44. The first-order valence-corrected chi connectivity index (χ1v) is 12.8. The second-order valence-electron chi connectivity index (χ2n) is 10.2. The van der Waals surface area contributed by atoms with Gasteiger partial charge in [0.1, 0.15) is 11.6 Å². The van der Waals surface area contributed by atoms with Crippen LogP contribution >= 0.6 is 0 Å².